The first kappa shape index (κ1) is 14.1. The van der Waals surface area contributed by atoms with Crippen LogP contribution in [-0.2, 0) is 10.0 Å². The van der Waals surface area contributed by atoms with Gasteiger partial charge in [0, 0.05) is 11.6 Å². The fourth-order valence-electron chi connectivity index (χ4n) is 2.72. The van der Waals surface area contributed by atoms with Gasteiger partial charge in [-0.25, -0.2) is 4.83 Å². The van der Waals surface area contributed by atoms with Gasteiger partial charge in [0.15, 0.2) is 0 Å². The van der Waals surface area contributed by atoms with Crippen molar-refractivity contribution in [2.75, 3.05) is 6.61 Å². The number of fused-ring (bicyclic) bond motifs is 1. The van der Waals surface area contributed by atoms with Crippen LogP contribution < -0.4 is 9.57 Å². The quantitative estimate of drug-likeness (QED) is 0.670. The van der Waals surface area contributed by atoms with Crippen molar-refractivity contribution in [3.8, 4) is 5.75 Å². The van der Waals surface area contributed by atoms with Crippen LogP contribution in [0.3, 0.4) is 0 Å². The lowest BCUT2D eigenvalue weighted by Gasteiger charge is -2.31. The van der Waals surface area contributed by atoms with E-state index < -0.39 is 10.0 Å². The van der Waals surface area contributed by atoms with E-state index in [0.717, 1.165) is 18.6 Å². The third-order valence-electron chi connectivity index (χ3n) is 3.92. The maximum absolute atomic E-state index is 12.2. The first-order chi connectivity index (χ1) is 10.1. The Balaban J connectivity index is 1.68. The molecule has 6 heteroatoms. The van der Waals surface area contributed by atoms with E-state index in [-0.39, 0.29) is 4.90 Å². The van der Waals surface area contributed by atoms with Crippen molar-refractivity contribution in [3.05, 3.63) is 36.4 Å². The minimum absolute atomic E-state index is 0.190. The molecule has 0 aliphatic heterocycles. The van der Waals surface area contributed by atoms with Crippen LogP contribution in [0.1, 0.15) is 19.8 Å². The second kappa shape index (κ2) is 5.52. The Morgan fingerprint density at radius 1 is 1.33 bits per heavy atom. The first-order valence-corrected chi connectivity index (χ1v) is 8.56. The molecule has 1 N–H and O–H groups in total. The van der Waals surface area contributed by atoms with E-state index >= 15 is 0 Å². The molecule has 0 amide bonds. The topological polar surface area (TPSA) is 67.8 Å². The minimum atomic E-state index is -3.61. The van der Waals surface area contributed by atoms with Crippen LogP contribution in [0.25, 0.3) is 0 Å². The van der Waals surface area contributed by atoms with Crippen molar-refractivity contribution < 1.29 is 13.2 Å². The van der Waals surface area contributed by atoms with Crippen molar-refractivity contribution >= 4 is 15.7 Å². The SMILES string of the molecule is CCOc1ccc(S(=O)(=O)N/N=C2\C[C@@H]3C=CC[C@H]23)cc1. The summed E-state index contributed by atoms with van der Waals surface area (Å²) in [5, 5.41) is 4.09. The minimum Gasteiger partial charge on any atom is -0.494 e. The zero-order valence-corrected chi connectivity index (χ0v) is 12.6. The van der Waals surface area contributed by atoms with Gasteiger partial charge in [-0.2, -0.15) is 13.5 Å². The van der Waals surface area contributed by atoms with Gasteiger partial charge in [-0.3, -0.25) is 0 Å². The highest BCUT2D eigenvalue weighted by Gasteiger charge is 2.38. The Labute approximate surface area is 124 Å². The maximum Gasteiger partial charge on any atom is 0.276 e. The van der Waals surface area contributed by atoms with Gasteiger partial charge in [0.1, 0.15) is 5.75 Å². The smallest absolute Gasteiger partial charge is 0.276 e. The van der Waals surface area contributed by atoms with Crippen LogP contribution in [0.2, 0.25) is 0 Å². The van der Waals surface area contributed by atoms with Gasteiger partial charge >= 0.3 is 0 Å². The van der Waals surface area contributed by atoms with E-state index in [1.54, 1.807) is 12.1 Å². The molecule has 112 valence electrons. The molecule has 21 heavy (non-hydrogen) atoms. The van der Waals surface area contributed by atoms with Gasteiger partial charge in [-0.15, -0.1) is 0 Å². The number of hydrogen-bond donors (Lipinski definition) is 1. The van der Waals surface area contributed by atoms with E-state index in [9.17, 15) is 8.42 Å². The molecule has 1 saturated carbocycles. The van der Waals surface area contributed by atoms with Gasteiger partial charge in [0.05, 0.1) is 11.5 Å². The number of nitrogens with zero attached hydrogens (tertiary/aromatic N) is 1. The average Bonchev–Trinajstić information content (AvgIpc) is 2.81. The van der Waals surface area contributed by atoms with Crippen molar-refractivity contribution in [2.24, 2.45) is 16.9 Å². The third-order valence-corrected chi connectivity index (χ3v) is 5.14. The molecule has 1 aromatic rings. The maximum atomic E-state index is 12.2. The molecule has 2 aliphatic carbocycles. The average molecular weight is 306 g/mol. The molecule has 2 aliphatic rings. The van der Waals surface area contributed by atoms with Crippen molar-refractivity contribution in [1.82, 2.24) is 4.83 Å². The Hall–Kier alpha value is -1.82. The zero-order valence-electron chi connectivity index (χ0n) is 11.8. The van der Waals surface area contributed by atoms with Crippen LogP contribution in [0.5, 0.6) is 5.75 Å². The molecule has 0 aromatic heterocycles. The number of benzene rings is 1. The fraction of sp³-hybridized carbons (Fsp3) is 0.400. The predicted octanol–water partition coefficient (Wildman–Crippen LogP) is 2.32. The molecule has 1 fully saturated rings. The lowest BCUT2D eigenvalue weighted by molar-refractivity contribution is 0.340. The molecule has 0 unspecified atom stereocenters. The summed E-state index contributed by atoms with van der Waals surface area (Å²) in [7, 11) is -3.61. The summed E-state index contributed by atoms with van der Waals surface area (Å²) in [5.41, 5.74) is 0.944. The van der Waals surface area contributed by atoms with Crippen LogP contribution in [0.15, 0.2) is 46.4 Å². The van der Waals surface area contributed by atoms with E-state index in [1.165, 1.54) is 12.1 Å². The molecule has 3 rings (SSSR count). The van der Waals surface area contributed by atoms with Crippen LogP contribution in [0, 0.1) is 11.8 Å². The lowest BCUT2D eigenvalue weighted by Crippen LogP contribution is -2.35. The number of sulfonamides is 1. The molecule has 0 spiro atoms. The summed E-state index contributed by atoms with van der Waals surface area (Å²) in [6, 6.07) is 6.33. The highest BCUT2D eigenvalue weighted by Crippen LogP contribution is 2.40. The Morgan fingerprint density at radius 2 is 2.10 bits per heavy atom. The van der Waals surface area contributed by atoms with Crippen LogP contribution in [-0.4, -0.2) is 20.7 Å². The molecule has 2 atom stereocenters. The lowest BCUT2D eigenvalue weighted by atomic mass is 9.74. The van der Waals surface area contributed by atoms with Gasteiger partial charge in [0.25, 0.3) is 10.0 Å². The van der Waals surface area contributed by atoms with E-state index in [2.05, 4.69) is 22.1 Å². The summed E-state index contributed by atoms with van der Waals surface area (Å²) in [6.07, 6.45) is 6.14. The number of nitrogens with one attached hydrogen (secondary N) is 1. The standard InChI is InChI=1S/C15H18N2O3S/c1-2-20-12-6-8-13(9-7-12)21(18,19)17-16-15-10-11-4-3-5-14(11)15/h3-4,6-9,11,14,17H,2,5,10H2,1H3/b16-15+/t11-,14-/m0/s1. The van der Waals surface area contributed by atoms with Gasteiger partial charge in [0.2, 0.25) is 0 Å². The monoisotopic (exact) mass is 306 g/mol. The molecule has 0 heterocycles. The van der Waals surface area contributed by atoms with Gasteiger partial charge < -0.3 is 4.74 Å². The highest BCUT2D eigenvalue weighted by atomic mass is 32.2. The van der Waals surface area contributed by atoms with E-state index in [1.807, 2.05) is 6.92 Å². The summed E-state index contributed by atoms with van der Waals surface area (Å²) < 4.78 is 29.6. The zero-order chi connectivity index (χ0) is 14.9. The normalized spacial score (nSPS) is 25.5. The fourth-order valence-corrected chi connectivity index (χ4v) is 3.55. The number of hydrogen-bond acceptors (Lipinski definition) is 4. The number of hydrazone groups is 1. The molecule has 5 nitrogen and oxygen atoms in total. The van der Waals surface area contributed by atoms with Crippen LogP contribution >= 0.6 is 0 Å². The predicted molar refractivity (Wildman–Crippen MR) is 80.7 cm³/mol. The molecular formula is C15H18N2O3S. The summed E-state index contributed by atoms with van der Waals surface area (Å²) in [6.45, 7) is 2.43. The summed E-state index contributed by atoms with van der Waals surface area (Å²) >= 11 is 0. The number of allylic oxidation sites excluding steroid dienone is 2. The van der Waals surface area contributed by atoms with Crippen molar-refractivity contribution in [3.63, 3.8) is 0 Å². The third kappa shape index (κ3) is 2.81. The van der Waals surface area contributed by atoms with E-state index in [4.69, 9.17) is 4.74 Å². The van der Waals surface area contributed by atoms with Crippen molar-refractivity contribution in [1.29, 1.82) is 0 Å². The molecule has 0 saturated heterocycles. The van der Waals surface area contributed by atoms with E-state index in [0.29, 0.717) is 24.2 Å². The molecular weight excluding hydrogens is 288 g/mol. The summed E-state index contributed by atoms with van der Waals surface area (Å²) in [4.78, 5) is 2.52. The largest absolute Gasteiger partial charge is 0.494 e. The van der Waals surface area contributed by atoms with Gasteiger partial charge in [-0.05, 0) is 49.9 Å². The molecule has 0 bridgehead atoms. The Bertz CT molecular complexity index is 677. The Kier molecular flexibility index (Phi) is 3.71. The highest BCUT2D eigenvalue weighted by molar-refractivity contribution is 7.89. The second-order valence-corrected chi connectivity index (χ2v) is 6.90. The van der Waals surface area contributed by atoms with Gasteiger partial charge in [-0.1, -0.05) is 12.2 Å². The first-order valence-electron chi connectivity index (χ1n) is 7.08. The van der Waals surface area contributed by atoms with Crippen molar-refractivity contribution in [2.45, 2.75) is 24.7 Å². The number of rotatable bonds is 5. The Morgan fingerprint density at radius 3 is 2.76 bits per heavy atom. The van der Waals surface area contributed by atoms with Crippen LogP contribution in [0.4, 0.5) is 0 Å². The molecule has 0 radical (unpaired) electrons. The second-order valence-electron chi connectivity index (χ2n) is 5.24. The summed E-state index contributed by atoms with van der Waals surface area (Å²) in [5.74, 6) is 1.60. The molecule has 1 aromatic carbocycles. The number of ether oxygens (including phenoxy) is 1.